The number of carbonyl (C=O) groups is 1. The fourth-order valence-electron chi connectivity index (χ4n) is 1.60. The Morgan fingerprint density at radius 3 is 2.42 bits per heavy atom. The number of aliphatic imine (C=N–C) groups is 1. The van der Waals surface area contributed by atoms with Crippen molar-refractivity contribution in [2.45, 2.75) is 46.5 Å². The van der Waals surface area contributed by atoms with Crippen LogP contribution in [0.25, 0.3) is 0 Å². The molecular formula is C14H30N4O. The van der Waals surface area contributed by atoms with Crippen molar-refractivity contribution in [1.82, 2.24) is 16.0 Å². The van der Waals surface area contributed by atoms with E-state index in [4.69, 9.17) is 0 Å². The number of guanidine groups is 1. The molecule has 0 aliphatic carbocycles. The van der Waals surface area contributed by atoms with Gasteiger partial charge in [-0.2, -0.15) is 0 Å². The molecule has 0 radical (unpaired) electrons. The molecule has 0 aromatic heterocycles. The lowest BCUT2D eigenvalue weighted by Gasteiger charge is -2.12. The highest BCUT2D eigenvalue weighted by molar-refractivity contribution is 5.86. The SMILES string of the molecule is CCCNC(=O)CNC(=NC)NCCCCC(C)C. The second-order valence-electron chi connectivity index (χ2n) is 5.09. The van der Waals surface area contributed by atoms with Crippen LogP contribution in [0.1, 0.15) is 46.5 Å². The molecule has 0 saturated carbocycles. The van der Waals surface area contributed by atoms with Crippen molar-refractivity contribution in [2.24, 2.45) is 10.9 Å². The molecule has 0 atom stereocenters. The zero-order valence-corrected chi connectivity index (χ0v) is 12.9. The van der Waals surface area contributed by atoms with E-state index >= 15 is 0 Å². The van der Waals surface area contributed by atoms with Crippen LogP contribution in [-0.2, 0) is 4.79 Å². The molecule has 0 aliphatic rings. The van der Waals surface area contributed by atoms with Gasteiger partial charge in [-0.25, -0.2) is 0 Å². The van der Waals surface area contributed by atoms with Crippen LogP contribution < -0.4 is 16.0 Å². The summed E-state index contributed by atoms with van der Waals surface area (Å²) in [6.07, 6.45) is 4.56. The number of hydrogen-bond acceptors (Lipinski definition) is 2. The van der Waals surface area contributed by atoms with E-state index in [0.717, 1.165) is 31.8 Å². The first-order valence-corrected chi connectivity index (χ1v) is 7.31. The highest BCUT2D eigenvalue weighted by atomic mass is 16.1. The van der Waals surface area contributed by atoms with Gasteiger partial charge in [0.05, 0.1) is 6.54 Å². The van der Waals surface area contributed by atoms with Crippen molar-refractivity contribution in [2.75, 3.05) is 26.7 Å². The van der Waals surface area contributed by atoms with E-state index in [0.29, 0.717) is 5.96 Å². The molecule has 0 heterocycles. The van der Waals surface area contributed by atoms with E-state index in [1.54, 1.807) is 7.05 Å². The van der Waals surface area contributed by atoms with Gasteiger partial charge >= 0.3 is 0 Å². The lowest BCUT2D eigenvalue weighted by molar-refractivity contribution is -0.120. The summed E-state index contributed by atoms with van der Waals surface area (Å²) in [5.41, 5.74) is 0. The number of rotatable bonds is 9. The van der Waals surface area contributed by atoms with Crippen LogP contribution in [0.4, 0.5) is 0 Å². The van der Waals surface area contributed by atoms with Gasteiger partial charge < -0.3 is 16.0 Å². The summed E-state index contributed by atoms with van der Waals surface area (Å²) in [5.74, 6) is 1.46. The summed E-state index contributed by atoms with van der Waals surface area (Å²) in [4.78, 5) is 15.5. The monoisotopic (exact) mass is 270 g/mol. The highest BCUT2D eigenvalue weighted by Crippen LogP contribution is 2.04. The summed E-state index contributed by atoms with van der Waals surface area (Å²) in [6, 6.07) is 0. The van der Waals surface area contributed by atoms with Crippen molar-refractivity contribution in [3.05, 3.63) is 0 Å². The number of nitrogens with zero attached hydrogens (tertiary/aromatic N) is 1. The Hall–Kier alpha value is -1.26. The zero-order chi connectivity index (χ0) is 14.5. The van der Waals surface area contributed by atoms with Crippen LogP contribution in [0.15, 0.2) is 4.99 Å². The largest absolute Gasteiger partial charge is 0.356 e. The third kappa shape index (κ3) is 11.6. The van der Waals surface area contributed by atoms with Gasteiger partial charge in [-0.05, 0) is 18.8 Å². The Labute approximate surface area is 117 Å². The van der Waals surface area contributed by atoms with Crippen LogP contribution in [0.5, 0.6) is 0 Å². The summed E-state index contributed by atoms with van der Waals surface area (Å²) in [6.45, 7) is 8.40. The molecular weight excluding hydrogens is 240 g/mol. The second-order valence-corrected chi connectivity index (χ2v) is 5.09. The van der Waals surface area contributed by atoms with E-state index in [9.17, 15) is 4.79 Å². The molecule has 0 unspecified atom stereocenters. The Morgan fingerprint density at radius 1 is 1.11 bits per heavy atom. The molecule has 3 N–H and O–H groups in total. The third-order valence-electron chi connectivity index (χ3n) is 2.71. The topological polar surface area (TPSA) is 65.5 Å². The summed E-state index contributed by atoms with van der Waals surface area (Å²) >= 11 is 0. The molecule has 0 spiro atoms. The van der Waals surface area contributed by atoms with Gasteiger partial charge in [0.25, 0.3) is 0 Å². The Morgan fingerprint density at radius 2 is 1.84 bits per heavy atom. The predicted octanol–water partition coefficient (Wildman–Crippen LogP) is 1.50. The zero-order valence-electron chi connectivity index (χ0n) is 12.9. The third-order valence-corrected chi connectivity index (χ3v) is 2.71. The minimum Gasteiger partial charge on any atom is -0.356 e. The maximum atomic E-state index is 11.4. The van der Waals surface area contributed by atoms with Crippen LogP contribution in [0.3, 0.4) is 0 Å². The van der Waals surface area contributed by atoms with Crippen molar-refractivity contribution in [1.29, 1.82) is 0 Å². The first-order valence-electron chi connectivity index (χ1n) is 7.31. The molecule has 0 aliphatic heterocycles. The van der Waals surface area contributed by atoms with Gasteiger partial charge in [0.15, 0.2) is 5.96 Å². The summed E-state index contributed by atoms with van der Waals surface area (Å²) < 4.78 is 0. The van der Waals surface area contributed by atoms with Crippen LogP contribution in [0.2, 0.25) is 0 Å². The van der Waals surface area contributed by atoms with Crippen LogP contribution in [0, 0.1) is 5.92 Å². The summed E-state index contributed by atoms with van der Waals surface area (Å²) in [7, 11) is 1.72. The minimum atomic E-state index is 0.00427. The maximum Gasteiger partial charge on any atom is 0.239 e. The first-order chi connectivity index (χ1) is 9.10. The Balaban J connectivity index is 3.64. The van der Waals surface area contributed by atoms with Crippen molar-refractivity contribution in [3.8, 4) is 0 Å². The second kappa shape index (κ2) is 11.8. The minimum absolute atomic E-state index is 0.00427. The smallest absolute Gasteiger partial charge is 0.239 e. The van der Waals surface area contributed by atoms with Gasteiger partial charge in [-0.1, -0.05) is 33.6 Å². The Kier molecular flexibility index (Phi) is 11.0. The number of carbonyl (C=O) groups excluding carboxylic acids is 1. The van der Waals surface area contributed by atoms with E-state index in [2.05, 4.69) is 34.8 Å². The van der Waals surface area contributed by atoms with E-state index in [1.807, 2.05) is 6.92 Å². The van der Waals surface area contributed by atoms with Gasteiger partial charge in [0.1, 0.15) is 0 Å². The fraction of sp³-hybridized carbons (Fsp3) is 0.857. The van der Waals surface area contributed by atoms with E-state index < -0.39 is 0 Å². The standard InChI is InChI=1S/C14H30N4O/c1-5-9-16-13(19)11-18-14(15-4)17-10-7-6-8-12(2)3/h12H,5-11H2,1-4H3,(H,16,19)(H2,15,17,18). The molecule has 0 aromatic carbocycles. The van der Waals surface area contributed by atoms with Gasteiger partial charge in [-0.3, -0.25) is 9.79 Å². The van der Waals surface area contributed by atoms with E-state index in [-0.39, 0.29) is 12.5 Å². The van der Waals surface area contributed by atoms with Crippen molar-refractivity contribution >= 4 is 11.9 Å². The lowest BCUT2D eigenvalue weighted by Crippen LogP contribution is -2.43. The normalized spacial score (nSPS) is 11.5. The van der Waals surface area contributed by atoms with Gasteiger partial charge in [0, 0.05) is 20.1 Å². The first kappa shape index (κ1) is 17.7. The number of nitrogens with one attached hydrogen (secondary N) is 3. The molecule has 0 fully saturated rings. The quantitative estimate of drug-likeness (QED) is 0.338. The van der Waals surface area contributed by atoms with Crippen LogP contribution in [-0.4, -0.2) is 38.5 Å². The molecule has 0 bridgehead atoms. The molecule has 5 nitrogen and oxygen atoms in total. The fourth-order valence-corrected chi connectivity index (χ4v) is 1.60. The van der Waals surface area contributed by atoms with Crippen LogP contribution >= 0.6 is 0 Å². The van der Waals surface area contributed by atoms with Gasteiger partial charge in [0.2, 0.25) is 5.91 Å². The maximum absolute atomic E-state index is 11.4. The summed E-state index contributed by atoms with van der Waals surface area (Å²) in [5, 5.41) is 9.03. The average Bonchev–Trinajstić information content (AvgIpc) is 2.39. The lowest BCUT2D eigenvalue weighted by atomic mass is 10.1. The number of hydrogen-bond donors (Lipinski definition) is 3. The molecule has 5 heteroatoms. The number of amides is 1. The molecule has 0 rings (SSSR count). The number of unbranched alkanes of at least 4 members (excludes halogenated alkanes) is 1. The molecule has 19 heavy (non-hydrogen) atoms. The predicted molar refractivity (Wildman–Crippen MR) is 81.4 cm³/mol. The molecule has 1 amide bonds. The molecule has 112 valence electrons. The Bertz CT molecular complexity index is 264. The van der Waals surface area contributed by atoms with Crippen molar-refractivity contribution < 1.29 is 4.79 Å². The van der Waals surface area contributed by atoms with E-state index in [1.165, 1.54) is 12.8 Å². The van der Waals surface area contributed by atoms with Crippen molar-refractivity contribution in [3.63, 3.8) is 0 Å². The highest BCUT2D eigenvalue weighted by Gasteiger charge is 2.02. The molecule has 0 aromatic rings. The molecule has 0 saturated heterocycles. The van der Waals surface area contributed by atoms with Gasteiger partial charge in [-0.15, -0.1) is 0 Å². The average molecular weight is 270 g/mol.